The number of benzene rings is 2. The van der Waals surface area contributed by atoms with Gasteiger partial charge in [-0.25, -0.2) is 0 Å². The molecule has 1 aliphatic carbocycles. The SMILES string of the molecule is O=C(C=Cc1cccc2ccccc12)N(Cc1cccs1)C1CC1. The molecule has 4 rings (SSSR count). The molecule has 1 aromatic heterocycles. The normalized spacial score (nSPS) is 14.3. The van der Waals surface area contributed by atoms with Crippen LogP contribution in [0, 0.1) is 0 Å². The lowest BCUT2D eigenvalue weighted by atomic mass is 10.0. The minimum atomic E-state index is 0.110. The van der Waals surface area contributed by atoms with E-state index in [9.17, 15) is 4.79 Å². The molecule has 1 aliphatic rings. The molecule has 2 aromatic carbocycles. The monoisotopic (exact) mass is 333 g/mol. The van der Waals surface area contributed by atoms with Crippen LogP contribution in [0.5, 0.6) is 0 Å². The zero-order chi connectivity index (χ0) is 16.4. The van der Waals surface area contributed by atoms with Gasteiger partial charge in [-0.15, -0.1) is 11.3 Å². The van der Waals surface area contributed by atoms with Gasteiger partial charge in [0.05, 0.1) is 6.54 Å². The van der Waals surface area contributed by atoms with Crippen molar-refractivity contribution in [3.63, 3.8) is 0 Å². The van der Waals surface area contributed by atoms with E-state index < -0.39 is 0 Å². The molecule has 0 aliphatic heterocycles. The summed E-state index contributed by atoms with van der Waals surface area (Å²) < 4.78 is 0. The van der Waals surface area contributed by atoms with E-state index in [-0.39, 0.29) is 5.91 Å². The summed E-state index contributed by atoms with van der Waals surface area (Å²) in [5, 5.41) is 4.45. The Bertz CT molecular complexity index is 873. The molecular weight excluding hydrogens is 314 g/mol. The van der Waals surface area contributed by atoms with E-state index in [4.69, 9.17) is 0 Å². The summed E-state index contributed by atoms with van der Waals surface area (Å²) in [6, 6.07) is 19.0. The Kier molecular flexibility index (Phi) is 4.18. The fraction of sp³-hybridized carbons (Fsp3) is 0.190. The molecule has 0 N–H and O–H groups in total. The second-order valence-corrected chi connectivity index (χ2v) is 7.21. The molecule has 24 heavy (non-hydrogen) atoms. The molecular formula is C21H19NOS. The quantitative estimate of drug-likeness (QED) is 0.594. The van der Waals surface area contributed by atoms with Crippen LogP contribution in [0.2, 0.25) is 0 Å². The van der Waals surface area contributed by atoms with Crippen molar-refractivity contribution in [2.45, 2.75) is 25.4 Å². The van der Waals surface area contributed by atoms with Crippen LogP contribution in [0.15, 0.2) is 66.1 Å². The molecule has 3 heteroatoms. The lowest BCUT2D eigenvalue weighted by Crippen LogP contribution is -2.30. The lowest BCUT2D eigenvalue weighted by Gasteiger charge is -2.20. The van der Waals surface area contributed by atoms with Crippen molar-refractivity contribution in [3.05, 3.63) is 76.5 Å². The Morgan fingerprint density at radius 3 is 2.71 bits per heavy atom. The molecule has 3 aromatic rings. The molecule has 1 amide bonds. The number of hydrogen-bond donors (Lipinski definition) is 0. The first kappa shape index (κ1) is 15.2. The van der Waals surface area contributed by atoms with Crippen LogP contribution < -0.4 is 0 Å². The van der Waals surface area contributed by atoms with Crippen molar-refractivity contribution in [2.75, 3.05) is 0 Å². The third-order valence-electron chi connectivity index (χ3n) is 4.41. The van der Waals surface area contributed by atoms with E-state index in [0.717, 1.165) is 24.9 Å². The average molecular weight is 333 g/mol. The van der Waals surface area contributed by atoms with Crippen LogP contribution >= 0.6 is 11.3 Å². The van der Waals surface area contributed by atoms with Gasteiger partial charge < -0.3 is 4.90 Å². The molecule has 0 radical (unpaired) electrons. The van der Waals surface area contributed by atoms with E-state index >= 15 is 0 Å². The van der Waals surface area contributed by atoms with Crippen molar-refractivity contribution in [1.29, 1.82) is 0 Å². The van der Waals surface area contributed by atoms with Crippen molar-refractivity contribution in [2.24, 2.45) is 0 Å². The first-order chi connectivity index (χ1) is 11.8. The van der Waals surface area contributed by atoms with E-state index in [1.807, 2.05) is 35.2 Å². The fourth-order valence-electron chi connectivity index (χ4n) is 3.00. The summed E-state index contributed by atoms with van der Waals surface area (Å²) in [5.41, 5.74) is 1.09. The van der Waals surface area contributed by atoms with E-state index in [1.54, 1.807) is 17.4 Å². The highest BCUT2D eigenvalue weighted by Gasteiger charge is 2.31. The number of amides is 1. The van der Waals surface area contributed by atoms with E-state index in [0.29, 0.717) is 6.04 Å². The molecule has 1 saturated carbocycles. The molecule has 0 unspecified atom stereocenters. The van der Waals surface area contributed by atoms with Gasteiger partial charge in [-0.2, -0.15) is 0 Å². The maximum atomic E-state index is 12.7. The Morgan fingerprint density at radius 1 is 1.08 bits per heavy atom. The van der Waals surface area contributed by atoms with Gasteiger partial charge in [0.15, 0.2) is 0 Å². The van der Waals surface area contributed by atoms with Crippen molar-refractivity contribution >= 4 is 34.1 Å². The fourth-order valence-corrected chi connectivity index (χ4v) is 3.70. The number of rotatable bonds is 5. The summed E-state index contributed by atoms with van der Waals surface area (Å²) in [5.74, 6) is 0.110. The number of thiophene rings is 1. The molecule has 2 nitrogen and oxygen atoms in total. The first-order valence-electron chi connectivity index (χ1n) is 8.30. The predicted molar refractivity (Wildman–Crippen MR) is 101 cm³/mol. The number of hydrogen-bond acceptors (Lipinski definition) is 2. The first-order valence-corrected chi connectivity index (χ1v) is 9.18. The van der Waals surface area contributed by atoms with Crippen LogP contribution in [0.1, 0.15) is 23.3 Å². The van der Waals surface area contributed by atoms with Gasteiger partial charge in [-0.3, -0.25) is 4.79 Å². The lowest BCUT2D eigenvalue weighted by molar-refractivity contribution is -0.127. The van der Waals surface area contributed by atoms with Crippen LogP contribution in [-0.2, 0) is 11.3 Å². The zero-order valence-electron chi connectivity index (χ0n) is 13.4. The summed E-state index contributed by atoms with van der Waals surface area (Å²) in [4.78, 5) is 16.0. The maximum absolute atomic E-state index is 12.7. The average Bonchev–Trinajstić information content (AvgIpc) is 3.33. The Morgan fingerprint density at radius 2 is 1.92 bits per heavy atom. The Hall–Kier alpha value is -2.39. The van der Waals surface area contributed by atoms with Gasteiger partial charge in [-0.1, -0.05) is 48.5 Å². The minimum Gasteiger partial charge on any atom is -0.331 e. The van der Waals surface area contributed by atoms with Crippen LogP contribution in [0.4, 0.5) is 0 Å². The third kappa shape index (κ3) is 3.26. The molecule has 0 atom stereocenters. The Labute approximate surface area is 146 Å². The van der Waals surface area contributed by atoms with Gasteiger partial charge in [0.1, 0.15) is 0 Å². The number of carbonyl (C=O) groups excluding carboxylic acids is 1. The minimum absolute atomic E-state index is 0.110. The molecule has 120 valence electrons. The van der Waals surface area contributed by atoms with Crippen LogP contribution in [0.25, 0.3) is 16.8 Å². The predicted octanol–water partition coefficient (Wildman–Crippen LogP) is 5.11. The summed E-state index contributed by atoms with van der Waals surface area (Å²) in [6.07, 6.45) is 5.93. The summed E-state index contributed by atoms with van der Waals surface area (Å²) in [7, 11) is 0. The number of fused-ring (bicyclic) bond motifs is 1. The highest BCUT2D eigenvalue weighted by atomic mass is 32.1. The second-order valence-electron chi connectivity index (χ2n) is 6.18. The smallest absolute Gasteiger partial charge is 0.247 e. The second kappa shape index (κ2) is 6.62. The van der Waals surface area contributed by atoms with Gasteiger partial charge in [0, 0.05) is 17.0 Å². The number of carbonyl (C=O) groups is 1. The van der Waals surface area contributed by atoms with Gasteiger partial charge in [0.2, 0.25) is 5.91 Å². The highest BCUT2D eigenvalue weighted by molar-refractivity contribution is 7.09. The third-order valence-corrected chi connectivity index (χ3v) is 5.27. The molecule has 0 bridgehead atoms. The standard InChI is InChI=1S/C21H19NOS/c23-21(22(18-11-12-18)15-19-8-4-14-24-19)13-10-17-7-3-6-16-5-1-2-9-20(16)17/h1-10,13-14,18H,11-12,15H2. The molecule has 0 saturated heterocycles. The largest absolute Gasteiger partial charge is 0.331 e. The van der Waals surface area contributed by atoms with E-state index in [2.05, 4.69) is 35.7 Å². The van der Waals surface area contributed by atoms with Gasteiger partial charge >= 0.3 is 0 Å². The maximum Gasteiger partial charge on any atom is 0.247 e. The topological polar surface area (TPSA) is 20.3 Å². The van der Waals surface area contributed by atoms with Gasteiger partial charge in [0.25, 0.3) is 0 Å². The number of nitrogens with zero attached hydrogens (tertiary/aromatic N) is 1. The summed E-state index contributed by atoms with van der Waals surface area (Å²) >= 11 is 1.71. The van der Waals surface area contributed by atoms with Crippen molar-refractivity contribution < 1.29 is 4.79 Å². The summed E-state index contributed by atoms with van der Waals surface area (Å²) in [6.45, 7) is 0.723. The zero-order valence-corrected chi connectivity index (χ0v) is 14.2. The molecule has 0 spiro atoms. The van der Waals surface area contributed by atoms with Crippen LogP contribution in [0.3, 0.4) is 0 Å². The van der Waals surface area contributed by atoms with Crippen molar-refractivity contribution in [3.8, 4) is 0 Å². The highest BCUT2D eigenvalue weighted by Crippen LogP contribution is 2.29. The Balaban J connectivity index is 1.56. The molecule has 1 heterocycles. The van der Waals surface area contributed by atoms with Crippen LogP contribution in [-0.4, -0.2) is 16.8 Å². The van der Waals surface area contributed by atoms with Gasteiger partial charge in [-0.05, 0) is 46.7 Å². The van der Waals surface area contributed by atoms with Crippen molar-refractivity contribution in [1.82, 2.24) is 4.90 Å². The molecule has 1 fully saturated rings. The van der Waals surface area contributed by atoms with E-state index in [1.165, 1.54) is 15.6 Å².